The number of nitrogens with one attached hydrogen (secondary N) is 1. The van der Waals surface area contributed by atoms with E-state index in [1.54, 1.807) is 48.5 Å². The number of nitrogens with zero attached hydrogens (tertiary/aromatic N) is 1. The van der Waals surface area contributed by atoms with Crippen LogP contribution >= 0.6 is 15.9 Å². The van der Waals surface area contributed by atoms with Gasteiger partial charge in [-0.1, -0.05) is 64.8 Å². The molecule has 0 bridgehead atoms. The summed E-state index contributed by atoms with van der Waals surface area (Å²) in [7, 11) is -3.93. The summed E-state index contributed by atoms with van der Waals surface area (Å²) >= 11 is 3.37. The van der Waals surface area contributed by atoms with Crippen molar-refractivity contribution in [2.75, 3.05) is 10.8 Å². The van der Waals surface area contributed by atoms with Gasteiger partial charge in [-0.05, 0) is 67.8 Å². The third kappa shape index (κ3) is 5.78. The van der Waals surface area contributed by atoms with Crippen LogP contribution in [0.15, 0.2) is 82.2 Å². The number of benzene rings is 3. The maximum absolute atomic E-state index is 13.4. The van der Waals surface area contributed by atoms with Crippen molar-refractivity contribution in [3.8, 4) is 0 Å². The average Bonchev–Trinajstić information content (AvgIpc) is 2.78. The van der Waals surface area contributed by atoms with Crippen LogP contribution in [-0.2, 0) is 21.2 Å². The molecule has 0 aliphatic rings. The maximum Gasteiger partial charge on any atom is 0.264 e. The first-order valence-corrected chi connectivity index (χ1v) is 12.7. The molecule has 5 nitrogen and oxygen atoms in total. The third-order valence-electron chi connectivity index (χ3n) is 5.28. The lowest BCUT2D eigenvalue weighted by atomic mass is 10.1. The summed E-state index contributed by atoms with van der Waals surface area (Å²) in [5, 5.41) is 2.92. The van der Waals surface area contributed by atoms with Crippen molar-refractivity contribution in [3.05, 3.63) is 94.0 Å². The highest BCUT2D eigenvalue weighted by Crippen LogP contribution is 2.26. The Morgan fingerprint density at radius 3 is 2.12 bits per heavy atom. The average molecular weight is 515 g/mol. The van der Waals surface area contributed by atoms with E-state index >= 15 is 0 Å². The molecule has 0 spiro atoms. The van der Waals surface area contributed by atoms with Gasteiger partial charge < -0.3 is 5.32 Å². The lowest BCUT2D eigenvalue weighted by molar-refractivity contribution is -0.120. The molecule has 0 fully saturated rings. The normalized spacial score (nSPS) is 12.2. The number of anilines is 1. The van der Waals surface area contributed by atoms with Crippen LogP contribution in [0.3, 0.4) is 0 Å². The van der Waals surface area contributed by atoms with Gasteiger partial charge in [-0.15, -0.1) is 0 Å². The summed E-state index contributed by atoms with van der Waals surface area (Å²) in [6, 6.07) is 21.3. The van der Waals surface area contributed by atoms with Crippen LogP contribution in [0.25, 0.3) is 0 Å². The first kappa shape index (κ1) is 24.0. The van der Waals surface area contributed by atoms with E-state index in [-0.39, 0.29) is 23.4 Å². The number of hydrogen-bond donors (Lipinski definition) is 1. The molecule has 1 amide bonds. The van der Waals surface area contributed by atoms with Crippen LogP contribution in [0, 0.1) is 6.92 Å². The van der Waals surface area contributed by atoms with Crippen molar-refractivity contribution in [2.45, 2.75) is 38.1 Å². The first-order chi connectivity index (χ1) is 15.2. The zero-order valence-corrected chi connectivity index (χ0v) is 20.8. The highest BCUT2D eigenvalue weighted by atomic mass is 79.9. The van der Waals surface area contributed by atoms with Gasteiger partial charge in [-0.2, -0.15) is 0 Å². The molecule has 0 aromatic heterocycles. The van der Waals surface area contributed by atoms with Gasteiger partial charge in [-0.3, -0.25) is 9.10 Å². The Bertz CT molecular complexity index is 1160. The quantitative estimate of drug-likeness (QED) is 0.438. The third-order valence-corrected chi connectivity index (χ3v) is 7.59. The van der Waals surface area contributed by atoms with Gasteiger partial charge in [0.15, 0.2) is 0 Å². The number of amides is 1. The summed E-state index contributed by atoms with van der Waals surface area (Å²) in [6.07, 6.45) is 0.944. The molecule has 0 radical (unpaired) electrons. The molecule has 1 atom stereocenters. The Balaban J connectivity index is 1.85. The van der Waals surface area contributed by atoms with Crippen molar-refractivity contribution in [1.82, 2.24) is 5.32 Å². The van der Waals surface area contributed by atoms with Gasteiger partial charge in [0.2, 0.25) is 5.91 Å². The van der Waals surface area contributed by atoms with E-state index in [9.17, 15) is 13.2 Å². The Kier molecular flexibility index (Phi) is 7.74. The van der Waals surface area contributed by atoms with Gasteiger partial charge in [0, 0.05) is 4.47 Å². The Labute approximate surface area is 198 Å². The monoisotopic (exact) mass is 514 g/mol. The minimum absolute atomic E-state index is 0.141. The molecule has 168 valence electrons. The summed E-state index contributed by atoms with van der Waals surface area (Å²) in [4.78, 5) is 13.0. The molecular weight excluding hydrogens is 488 g/mol. The summed E-state index contributed by atoms with van der Waals surface area (Å²) in [5.74, 6) is -0.379. The molecular formula is C25H27BrN2O3S. The second-order valence-corrected chi connectivity index (χ2v) is 10.5. The predicted molar refractivity (Wildman–Crippen MR) is 132 cm³/mol. The molecule has 0 heterocycles. The molecule has 3 aromatic rings. The smallest absolute Gasteiger partial charge is 0.264 e. The topological polar surface area (TPSA) is 66.5 Å². The lowest BCUT2D eigenvalue weighted by Crippen LogP contribution is -2.41. The zero-order chi connectivity index (χ0) is 23.3. The second kappa shape index (κ2) is 10.3. The molecule has 0 saturated carbocycles. The standard InChI is InChI=1S/C25H27BrN2O3S/c1-4-20-7-9-21(10-8-20)19(3)27-25(29)17-28(23-13-11-22(26)12-14-23)32(30,31)24-15-5-18(2)6-16-24/h5-16,19H,4,17H2,1-3H3,(H,27,29)/t19-/m0/s1. The molecule has 3 rings (SSSR count). The van der Waals surface area contributed by atoms with E-state index < -0.39 is 10.0 Å². The fraction of sp³-hybridized carbons (Fsp3) is 0.240. The zero-order valence-electron chi connectivity index (χ0n) is 18.4. The van der Waals surface area contributed by atoms with Gasteiger partial charge in [0.1, 0.15) is 6.54 Å². The van der Waals surface area contributed by atoms with Gasteiger partial charge in [-0.25, -0.2) is 8.42 Å². The minimum atomic E-state index is -3.93. The molecule has 32 heavy (non-hydrogen) atoms. The van der Waals surface area contributed by atoms with Crippen molar-refractivity contribution in [3.63, 3.8) is 0 Å². The number of halogens is 1. The van der Waals surface area contributed by atoms with Crippen LogP contribution in [0.5, 0.6) is 0 Å². The van der Waals surface area contributed by atoms with E-state index in [0.29, 0.717) is 5.69 Å². The Morgan fingerprint density at radius 1 is 0.969 bits per heavy atom. The van der Waals surface area contributed by atoms with E-state index in [1.807, 2.05) is 38.1 Å². The SMILES string of the molecule is CCc1ccc([C@H](C)NC(=O)CN(c2ccc(Br)cc2)S(=O)(=O)c2ccc(C)cc2)cc1. The lowest BCUT2D eigenvalue weighted by Gasteiger charge is -2.25. The fourth-order valence-electron chi connectivity index (χ4n) is 3.30. The molecule has 1 N–H and O–H groups in total. The van der Waals surface area contributed by atoms with E-state index in [0.717, 1.165) is 26.3 Å². The van der Waals surface area contributed by atoms with Crippen LogP contribution in [0.4, 0.5) is 5.69 Å². The van der Waals surface area contributed by atoms with E-state index in [4.69, 9.17) is 0 Å². The van der Waals surface area contributed by atoms with Gasteiger partial charge >= 0.3 is 0 Å². The van der Waals surface area contributed by atoms with Crippen LogP contribution < -0.4 is 9.62 Å². The number of aryl methyl sites for hydroxylation is 2. The van der Waals surface area contributed by atoms with Crippen LogP contribution in [0.1, 0.15) is 36.6 Å². The Hall–Kier alpha value is -2.64. The van der Waals surface area contributed by atoms with Crippen LogP contribution in [0.2, 0.25) is 0 Å². The fourth-order valence-corrected chi connectivity index (χ4v) is 4.99. The number of carbonyl (C=O) groups is 1. The maximum atomic E-state index is 13.4. The summed E-state index contributed by atoms with van der Waals surface area (Å²) in [5.41, 5.74) is 3.56. The van der Waals surface area contributed by atoms with Gasteiger partial charge in [0.05, 0.1) is 16.6 Å². The molecule has 0 aliphatic heterocycles. The number of hydrogen-bond acceptors (Lipinski definition) is 3. The molecule has 0 saturated heterocycles. The van der Waals surface area contributed by atoms with Crippen molar-refractivity contribution in [1.29, 1.82) is 0 Å². The molecule has 7 heteroatoms. The van der Waals surface area contributed by atoms with Crippen molar-refractivity contribution < 1.29 is 13.2 Å². The predicted octanol–water partition coefficient (Wildman–Crippen LogP) is 5.39. The summed E-state index contributed by atoms with van der Waals surface area (Å²) < 4.78 is 28.8. The van der Waals surface area contributed by atoms with Gasteiger partial charge in [0.25, 0.3) is 10.0 Å². The Morgan fingerprint density at radius 2 is 1.56 bits per heavy atom. The molecule has 0 unspecified atom stereocenters. The second-order valence-electron chi connectivity index (χ2n) is 7.69. The number of carbonyl (C=O) groups excluding carboxylic acids is 1. The molecule has 0 aliphatic carbocycles. The first-order valence-electron chi connectivity index (χ1n) is 10.4. The van der Waals surface area contributed by atoms with Crippen molar-refractivity contribution >= 4 is 37.5 Å². The van der Waals surface area contributed by atoms with Crippen LogP contribution in [-0.4, -0.2) is 20.9 Å². The highest BCUT2D eigenvalue weighted by molar-refractivity contribution is 9.10. The van der Waals surface area contributed by atoms with Crippen molar-refractivity contribution in [2.24, 2.45) is 0 Å². The molecule has 3 aromatic carbocycles. The summed E-state index contributed by atoms with van der Waals surface area (Å²) in [6.45, 7) is 5.54. The minimum Gasteiger partial charge on any atom is -0.348 e. The highest BCUT2D eigenvalue weighted by Gasteiger charge is 2.27. The largest absolute Gasteiger partial charge is 0.348 e. The number of sulfonamides is 1. The number of rotatable bonds is 8. The van der Waals surface area contributed by atoms with E-state index in [2.05, 4.69) is 28.2 Å². The van der Waals surface area contributed by atoms with E-state index in [1.165, 1.54) is 5.56 Å².